The number of pyridine rings is 1. The summed E-state index contributed by atoms with van der Waals surface area (Å²) in [6.45, 7) is 9.17. The highest BCUT2D eigenvalue weighted by Crippen LogP contribution is 2.38. The second kappa shape index (κ2) is 10.3. The molecule has 0 fully saturated rings. The van der Waals surface area contributed by atoms with Crippen LogP contribution in [0.15, 0.2) is 36.4 Å². The number of benzene rings is 1. The van der Waals surface area contributed by atoms with E-state index in [0.717, 1.165) is 40.7 Å². The van der Waals surface area contributed by atoms with E-state index in [1.54, 1.807) is 19.1 Å². The van der Waals surface area contributed by atoms with Gasteiger partial charge in [0.1, 0.15) is 4.83 Å². The van der Waals surface area contributed by atoms with Crippen molar-refractivity contribution in [3.05, 3.63) is 58.1 Å². The third kappa shape index (κ3) is 5.82. The molecule has 35 heavy (non-hydrogen) atoms. The summed E-state index contributed by atoms with van der Waals surface area (Å²) in [5.74, 6) is 0.452. The number of thiophene rings is 1. The maximum absolute atomic E-state index is 13.1. The Morgan fingerprint density at radius 3 is 2.77 bits per heavy atom. The van der Waals surface area contributed by atoms with Gasteiger partial charge in [0.2, 0.25) is 0 Å². The molecule has 0 spiro atoms. The molecule has 2 amide bonds. The first-order valence-corrected chi connectivity index (χ1v) is 13.0. The number of anilines is 1. The number of aryl methyl sites for hydroxylation is 1. The fraction of sp³-hybridized carbons (Fsp3) is 0.444. The number of nitrogens with two attached hydrogens (primary N) is 1. The van der Waals surface area contributed by atoms with E-state index in [1.165, 1.54) is 16.9 Å². The van der Waals surface area contributed by atoms with Gasteiger partial charge in [-0.25, -0.2) is 9.78 Å². The van der Waals surface area contributed by atoms with Crippen molar-refractivity contribution < 1.29 is 14.3 Å². The molecule has 1 aliphatic rings. The second-order valence-electron chi connectivity index (χ2n) is 10.1. The standard InChI is InChI=1S/C27H34N4O3S/c1-5-34-26(33)29-20-8-6-7-16(13-20)22(15-28)30-24(32)23-14-18-11-17-12-19(27(2,3)4)9-10-21(17)31-25(18)35-23/h6-8,11,13-14,19,22H,5,9-10,12,15,28H2,1-4H3,(H,29,33)(H,30,32). The fourth-order valence-corrected chi connectivity index (χ4v) is 5.54. The van der Waals surface area contributed by atoms with Crippen LogP contribution in [0.1, 0.15) is 66.7 Å². The Balaban J connectivity index is 1.51. The van der Waals surface area contributed by atoms with E-state index in [0.29, 0.717) is 16.5 Å². The maximum Gasteiger partial charge on any atom is 0.411 e. The number of ether oxygens (including phenoxy) is 1. The van der Waals surface area contributed by atoms with Gasteiger partial charge in [0.25, 0.3) is 5.91 Å². The van der Waals surface area contributed by atoms with Crippen LogP contribution in [0.3, 0.4) is 0 Å². The molecular formula is C27H34N4O3S. The average molecular weight is 495 g/mol. The van der Waals surface area contributed by atoms with E-state index in [1.807, 2.05) is 18.2 Å². The number of carbonyl (C=O) groups excluding carboxylic acids is 2. The monoisotopic (exact) mass is 494 g/mol. The lowest BCUT2D eigenvalue weighted by Crippen LogP contribution is -2.33. The number of fused-ring (bicyclic) bond motifs is 2. The highest BCUT2D eigenvalue weighted by Gasteiger charge is 2.30. The largest absolute Gasteiger partial charge is 0.450 e. The van der Waals surface area contributed by atoms with Crippen molar-refractivity contribution in [1.29, 1.82) is 0 Å². The zero-order valence-electron chi connectivity index (χ0n) is 20.8. The van der Waals surface area contributed by atoms with Gasteiger partial charge in [0, 0.05) is 23.3 Å². The third-order valence-electron chi connectivity index (χ3n) is 6.67. The van der Waals surface area contributed by atoms with Crippen LogP contribution in [0, 0.1) is 11.3 Å². The first-order chi connectivity index (χ1) is 16.7. The first-order valence-electron chi connectivity index (χ1n) is 12.1. The summed E-state index contributed by atoms with van der Waals surface area (Å²) in [5.41, 5.74) is 10.1. The van der Waals surface area contributed by atoms with E-state index in [-0.39, 0.29) is 24.5 Å². The summed E-state index contributed by atoms with van der Waals surface area (Å²) >= 11 is 1.41. The van der Waals surface area contributed by atoms with Crippen LogP contribution in [0.25, 0.3) is 10.2 Å². The summed E-state index contributed by atoms with van der Waals surface area (Å²) in [7, 11) is 0. The lowest BCUT2D eigenvalue weighted by atomic mass is 9.71. The van der Waals surface area contributed by atoms with E-state index in [2.05, 4.69) is 37.5 Å². The molecule has 2 atom stereocenters. The van der Waals surface area contributed by atoms with E-state index in [4.69, 9.17) is 15.5 Å². The average Bonchev–Trinajstić information content (AvgIpc) is 3.23. The summed E-state index contributed by atoms with van der Waals surface area (Å²) < 4.78 is 4.93. The number of carbonyl (C=O) groups is 2. The third-order valence-corrected chi connectivity index (χ3v) is 7.72. The number of amides is 2. The van der Waals surface area contributed by atoms with Crippen LogP contribution >= 0.6 is 11.3 Å². The Morgan fingerprint density at radius 2 is 2.06 bits per heavy atom. The molecule has 2 aromatic heterocycles. The highest BCUT2D eigenvalue weighted by atomic mass is 32.1. The van der Waals surface area contributed by atoms with Crippen molar-refractivity contribution >= 4 is 39.2 Å². The highest BCUT2D eigenvalue weighted by molar-refractivity contribution is 7.20. The number of hydrogen-bond acceptors (Lipinski definition) is 6. The molecule has 2 unspecified atom stereocenters. The number of nitrogens with zero attached hydrogens (tertiary/aromatic N) is 1. The number of hydrogen-bond donors (Lipinski definition) is 3. The zero-order valence-corrected chi connectivity index (χ0v) is 21.6. The summed E-state index contributed by atoms with van der Waals surface area (Å²) in [6, 6.07) is 11.0. The van der Waals surface area contributed by atoms with Gasteiger partial charge in [-0.2, -0.15) is 0 Å². The molecule has 4 rings (SSSR count). The van der Waals surface area contributed by atoms with Crippen LogP contribution in [-0.2, 0) is 17.6 Å². The lowest BCUT2D eigenvalue weighted by molar-refractivity contribution is 0.0942. The van der Waals surface area contributed by atoms with Gasteiger partial charge in [-0.1, -0.05) is 32.9 Å². The molecule has 1 aliphatic carbocycles. The summed E-state index contributed by atoms with van der Waals surface area (Å²) in [4.78, 5) is 31.3. The van der Waals surface area contributed by atoms with E-state index < -0.39 is 12.1 Å². The van der Waals surface area contributed by atoms with Gasteiger partial charge in [-0.15, -0.1) is 11.3 Å². The van der Waals surface area contributed by atoms with Crippen molar-refractivity contribution in [3.63, 3.8) is 0 Å². The maximum atomic E-state index is 13.1. The second-order valence-corrected chi connectivity index (χ2v) is 11.2. The van der Waals surface area contributed by atoms with Crippen molar-refractivity contribution in [2.75, 3.05) is 18.5 Å². The number of aromatic nitrogens is 1. The minimum atomic E-state index is -0.521. The van der Waals surface area contributed by atoms with Gasteiger partial charge in [-0.3, -0.25) is 10.1 Å². The van der Waals surface area contributed by atoms with Gasteiger partial charge >= 0.3 is 6.09 Å². The molecule has 1 aromatic carbocycles. The van der Waals surface area contributed by atoms with Crippen molar-refractivity contribution in [3.8, 4) is 0 Å². The number of rotatable bonds is 6. The molecule has 7 nitrogen and oxygen atoms in total. The molecule has 3 aromatic rings. The molecular weight excluding hydrogens is 460 g/mol. The van der Waals surface area contributed by atoms with Gasteiger partial charge in [-0.05, 0) is 72.9 Å². The normalized spacial score (nSPS) is 16.4. The molecule has 2 heterocycles. The molecule has 4 N–H and O–H groups in total. The van der Waals surface area contributed by atoms with Crippen molar-refractivity contribution in [2.24, 2.45) is 17.1 Å². The van der Waals surface area contributed by atoms with Crippen LogP contribution in [-0.4, -0.2) is 30.1 Å². The quantitative estimate of drug-likeness (QED) is 0.423. The smallest absolute Gasteiger partial charge is 0.411 e. The van der Waals surface area contributed by atoms with Crippen LogP contribution in [0.5, 0.6) is 0 Å². The minimum Gasteiger partial charge on any atom is -0.450 e. The first kappa shape index (κ1) is 25.1. The Hall–Kier alpha value is -2.97. The summed E-state index contributed by atoms with van der Waals surface area (Å²) in [6.07, 6.45) is 2.64. The molecule has 0 radical (unpaired) electrons. The Bertz CT molecular complexity index is 1230. The molecule has 8 heteroatoms. The predicted octanol–water partition coefficient (Wildman–Crippen LogP) is 5.45. The van der Waals surface area contributed by atoms with Gasteiger partial charge in [0.05, 0.1) is 17.5 Å². The minimum absolute atomic E-state index is 0.183. The Kier molecular flexibility index (Phi) is 7.42. The van der Waals surface area contributed by atoms with Crippen LogP contribution in [0.2, 0.25) is 0 Å². The topological polar surface area (TPSA) is 106 Å². The molecule has 186 valence electrons. The van der Waals surface area contributed by atoms with Gasteiger partial charge < -0.3 is 15.8 Å². The molecule has 0 aliphatic heterocycles. The lowest BCUT2D eigenvalue weighted by Gasteiger charge is -2.34. The molecule has 0 saturated carbocycles. The van der Waals surface area contributed by atoms with Gasteiger partial charge in [0.15, 0.2) is 0 Å². The molecule has 0 bridgehead atoms. The number of nitrogens with one attached hydrogen (secondary N) is 2. The zero-order chi connectivity index (χ0) is 25.2. The SMILES string of the molecule is CCOC(=O)Nc1cccc(C(CN)NC(=O)c2cc3cc4c(nc3s2)CCC(C(C)(C)C)C4)c1. The van der Waals surface area contributed by atoms with E-state index in [9.17, 15) is 9.59 Å². The fourth-order valence-electron chi connectivity index (χ4n) is 4.60. The van der Waals surface area contributed by atoms with Crippen LogP contribution < -0.4 is 16.4 Å². The summed E-state index contributed by atoms with van der Waals surface area (Å²) in [5, 5.41) is 6.73. The Labute approximate surface area is 210 Å². The van der Waals surface area contributed by atoms with Crippen molar-refractivity contribution in [2.45, 2.75) is 53.0 Å². The Morgan fingerprint density at radius 1 is 1.26 bits per heavy atom. The van der Waals surface area contributed by atoms with Crippen molar-refractivity contribution in [1.82, 2.24) is 10.3 Å². The molecule has 0 saturated heterocycles. The van der Waals surface area contributed by atoms with E-state index >= 15 is 0 Å². The van der Waals surface area contributed by atoms with Crippen LogP contribution in [0.4, 0.5) is 10.5 Å². The predicted molar refractivity (Wildman–Crippen MR) is 141 cm³/mol.